The minimum Gasteiger partial charge on any atom is -0.313 e. The fraction of sp³-hybridized carbons (Fsp3) is 0.294. The van der Waals surface area contributed by atoms with Crippen LogP contribution < -0.4 is 5.32 Å². The molecule has 1 aliphatic carbocycles. The van der Waals surface area contributed by atoms with E-state index in [0.29, 0.717) is 17.0 Å². The zero-order valence-electron chi connectivity index (χ0n) is 11.4. The molecule has 2 aromatic carbocycles. The number of benzene rings is 2. The smallest absolute Gasteiger partial charge is 0.0452 e. The molecule has 0 fully saturated rings. The predicted molar refractivity (Wildman–Crippen MR) is 85.6 cm³/mol. The second-order valence-electron chi connectivity index (χ2n) is 5.37. The first-order chi connectivity index (χ1) is 9.69. The van der Waals surface area contributed by atoms with Gasteiger partial charge in [0.15, 0.2) is 0 Å². The lowest BCUT2D eigenvalue weighted by Gasteiger charge is -2.20. The fourth-order valence-corrected chi connectivity index (χ4v) is 3.71. The van der Waals surface area contributed by atoms with E-state index in [1.807, 2.05) is 25.2 Å². The van der Waals surface area contributed by atoms with Crippen LogP contribution in [-0.4, -0.2) is 7.05 Å². The van der Waals surface area contributed by atoms with Gasteiger partial charge in [-0.3, -0.25) is 0 Å². The third-order valence-corrected chi connectivity index (χ3v) is 4.74. The summed E-state index contributed by atoms with van der Waals surface area (Å²) in [6.45, 7) is 0. The summed E-state index contributed by atoms with van der Waals surface area (Å²) in [6.07, 6.45) is 2.07. The molecule has 0 amide bonds. The molecular weight excluding hydrogens is 289 g/mol. The summed E-state index contributed by atoms with van der Waals surface area (Å²) < 4.78 is 0. The normalized spacial score (nSPS) is 20.9. The molecule has 0 saturated carbocycles. The van der Waals surface area contributed by atoms with Crippen LogP contribution in [0.5, 0.6) is 0 Å². The van der Waals surface area contributed by atoms with Crippen LogP contribution in [0.1, 0.15) is 22.7 Å². The van der Waals surface area contributed by atoms with Crippen LogP contribution in [0.2, 0.25) is 10.0 Å². The van der Waals surface area contributed by atoms with Crippen molar-refractivity contribution in [3.8, 4) is 0 Å². The molecule has 2 aromatic rings. The predicted octanol–water partition coefficient (Wildman–Crippen LogP) is 4.67. The molecule has 0 spiro atoms. The van der Waals surface area contributed by atoms with Crippen LogP contribution >= 0.6 is 23.2 Å². The standard InChI is InChI=1S/C17H17Cl2N/c1-20-17-13(8-11-4-2-3-5-15(11)17)9-12-6-7-14(18)10-16(12)19/h2-7,10,13,17,20H,8-9H2,1H3. The Morgan fingerprint density at radius 2 is 1.95 bits per heavy atom. The third kappa shape index (κ3) is 2.58. The Morgan fingerprint density at radius 3 is 2.70 bits per heavy atom. The van der Waals surface area contributed by atoms with Crippen LogP contribution in [0.25, 0.3) is 0 Å². The van der Waals surface area contributed by atoms with Gasteiger partial charge < -0.3 is 5.32 Å². The lowest BCUT2D eigenvalue weighted by atomic mass is 9.93. The van der Waals surface area contributed by atoms with Crippen molar-refractivity contribution in [2.45, 2.75) is 18.9 Å². The SMILES string of the molecule is CNC1c2ccccc2CC1Cc1ccc(Cl)cc1Cl. The van der Waals surface area contributed by atoms with Crippen molar-refractivity contribution in [2.75, 3.05) is 7.05 Å². The van der Waals surface area contributed by atoms with Crippen molar-refractivity contribution in [3.63, 3.8) is 0 Å². The molecular formula is C17H17Cl2N. The topological polar surface area (TPSA) is 12.0 Å². The highest BCUT2D eigenvalue weighted by Gasteiger charge is 2.31. The van der Waals surface area contributed by atoms with Gasteiger partial charge in [0.2, 0.25) is 0 Å². The number of hydrogen-bond donors (Lipinski definition) is 1. The van der Waals surface area contributed by atoms with Crippen LogP contribution in [0, 0.1) is 5.92 Å². The molecule has 1 N–H and O–H groups in total. The van der Waals surface area contributed by atoms with Crippen molar-refractivity contribution < 1.29 is 0 Å². The second kappa shape index (κ2) is 5.77. The van der Waals surface area contributed by atoms with Crippen molar-refractivity contribution in [3.05, 3.63) is 69.2 Å². The Hall–Kier alpha value is -1.02. The van der Waals surface area contributed by atoms with Gasteiger partial charge in [-0.05, 0) is 54.6 Å². The Kier molecular flexibility index (Phi) is 4.02. The van der Waals surface area contributed by atoms with Gasteiger partial charge in [-0.15, -0.1) is 0 Å². The molecule has 3 heteroatoms. The largest absolute Gasteiger partial charge is 0.313 e. The summed E-state index contributed by atoms with van der Waals surface area (Å²) >= 11 is 12.3. The van der Waals surface area contributed by atoms with E-state index in [2.05, 4.69) is 29.6 Å². The maximum Gasteiger partial charge on any atom is 0.0452 e. The number of nitrogens with one attached hydrogen (secondary N) is 1. The van der Waals surface area contributed by atoms with Gasteiger partial charge in [0.1, 0.15) is 0 Å². The quantitative estimate of drug-likeness (QED) is 0.869. The molecule has 2 atom stereocenters. The lowest BCUT2D eigenvalue weighted by Crippen LogP contribution is -2.23. The zero-order valence-corrected chi connectivity index (χ0v) is 12.9. The maximum atomic E-state index is 6.31. The van der Waals surface area contributed by atoms with E-state index in [0.717, 1.165) is 17.9 Å². The number of fused-ring (bicyclic) bond motifs is 1. The minimum absolute atomic E-state index is 0.401. The van der Waals surface area contributed by atoms with Gasteiger partial charge in [-0.25, -0.2) is 0 Å². The molecule has 1 aliphatic rings. The van der Waals surface area contributed by atoms with E-state index in [-0.39, 0.29) is 0 Å². The minimum atomic E-state index is 0.401. The van der Waals surface area contributed by atoms with Crippen LogP contribution in [0.3, 0.4) is 0 Å². The van der Waals surface area contributed by atoms with E-state index in [1.54, 1.807) is 0 Å². The Bertz CT molecular complexity index is 624. The van der Waals surface area contributed by atoms with Gasteiger partial charge in [-0.2, -0.15) is 0 Å². The van der Waals surface area contributed by atoms with Gasteiger partial charge in [0.05, 0.1) is 0 Å². The Labute approximate surface area is 129 Å². The van der Waals surface area contributed by atoms with Gasteiger partial charge >= 0.3 is 0 Å². The van der Waals surface area contributed by atoms with Crippen LogP contribution in [0.4, 0.5) is 0 Å². The summed E-state index contributed by atoms with van der Waals surface area (Å²) in [5.41, 5.74) is 4.04. The summed E-state index contributed by atoms with van der Waals surface area (Å²) in [5, 5.41) is 4.91. The third-order valence-electron chi connectivity index (χ3n) is 4.15. The Balaban J connectivity index is 1.85. The summed E-state index contributed by atoms with van der Waals surface area (Å²) in [5.74, 6) is 0.538. The summed E-state index contributed by atoms with van der Waals surface area (Å²) in [4.78, 5) is 0. The fourth-order valence-electron chi connectivity index (χ4n) is 3.23. The highest BCUT2D eigenvalue weighted by atomic mass is 35.5. The van der Waals surface area contributed by atoms with E-state index in [9.17, 15) is 0 Å². The number of halogens is 2. The molecule has 2 unspecified atom stereocenters. The zero-order chi connectivity index (χ0) is 14.1. The van der Waals surface area contributed by atoms with Crippen molar-refractivity contribution in [1.29, 1.82) is 0 Å². The van der Waals surface area contributed by atoms with E-state index >= 15 is 0 Å². The van der Waals surface area contributed by atoms with E-state index < -0.39 is 0 Å². The summed E-state index contributed by atoms with van der Waals surface area (Å²) in [7, 11) is 2.03. The van der Waals surface area contributed by atoms with Crippen LogP contribution in [-0.2, 0) is 12.8 Å². The van der Waals surface area contributed by atoms with Crippen molar-refractivity contribution in [1.82, 2.24) is 5.32 Å². The average molecular weight is 306 g/mol. The molecule has 0 aliphatic heterocycles. The average Bonchev–Trinajstić information content (AvgIpc) is 2.79. The van der Waals surface area contributed by atoms with E-state index in [1.165, 1.54) is 16.7 Å². The highest BCUT2D eigenvalue weighted by molar-refractivity contribution is 6.35. The monoisotopic (exact) mass is 305 g/mol. The second-order valence-corrected chi connectivity index (χ2v) is 6.21. The molecule has 3 rings (SSSR count). The lowest BCUT2D eigenvalue weighted by molar-refractivity contribution is 0.410. The molecule has 0 radical (unpaired) electrons. The van der Waals surface area contributed by atoms with Gasteiger partial charge in [-0.1, -0.05) is 53.5 Å². The molecule has 0 bridgehead atoms. The molecule has 0 aromatic heterocycles. The molecule has 0 saturated heterocycles. The molecule has 20 heavy (non-hydrogen) atoms. The molecule has 104 valence electrons. The van der Waals surface area contributed by atoms with Crippen molar-refractivity contribution in [2.24, 2.45) is 5.92 Å². The van der Waals surface area contributed by atoms with Gasteiger partial charge in [0, 0.05) is 16.1 Å². The first kappa shape index (κ1) is 13.9. The molecule has 0 heterocycles. The van der Waals surface area contributed by atoms with Gasteiger partial charge in [0.25, 0.3) is 0 Å². The number of rotatable bonds is 3. The molecule has 1 nitrogen and oxygen atoms in total. The van der Waals surface area contributed by atoms with Crippen molar-refractivity contribution >= 4 is 23.2 Å². The first-order valence-electron chi connectivity index (χ1n) is 6.88. The number of hydrogen-bond acceptors (Lipinski definition) is 1. The van der Waals surface area contributed by atoms with Crippen LogP contribution in [0.15, 0.2) is 42.5 Å². The van der Waals surface area contributed by atoms with E-state index in [4.69, 9.17) is 23.2 Å². The maximum absolute atomic E-state index is 6.31. The summed E-state index contributed by atoms with van der Waals surface area (Å²) in [6, 6.07) is 14.9. The highest BCUT2D eigenvalue weighted by Crippen LogP contribution is 2.38. The first-order valence-corrected chi connectivity index (χ1v) is 7.63. The Morgan fingerprint density at radius 1 is 1.15 bits per heavy atom.